The van der Waals surface area contributed by atoms with Gasteiger partial charge in [0.25, 0.3) is 0 Å². The van der Waals surface area contributed by atoms with Gasteiger partial charge in [-0.3, -0.25) is 9.78 Å². The molecule has 1 aromatic heterocycles. The molecule has 3 heterocycles. The highest BCUT2D eigenvalue weighted by molar-refractivity contribution is 5.95. The molecule has 1 aromatic rings. The fourth-order valence-corrected chi connectivity index (χ4v) is 2.98. The summed E-state index contributed by atoms with van der Waals surface area (Å²) in [5.74, 6) is 0.103. The molecular formula is C14H18N2O3. The average molecular weight is 262 g/mol. The van der Waals surface area contributed by atoms with Gasteiger partial charge in [-0.2, -0.15) is 0 Å². The van der Waals surface area contributed by atoms with Crippen LogP contribution in [0.1, 0.15) is 36.2 Å². The normalized spacial score (nSPS) is 26.2. The summed E-state index contributed by atoms with van der Waals surface area (Å²) in [7, 11) is 0. The summed E-state index contributed by atoms with van der Waals surface area (Å²) in [6.07, 6.45) is 8.03. The van der Waals surface area contributed by atoms with Crippen LogP contribution in [-0.2, 0) is 9.47 Å². The number of nitrogens with zero attached hydrogens (tertiary/aromatic N) is 2. The Balaban J connectivity index is 1.73. The first kappa shape index (κ1) is 12.7. The minimum absolute atomic E-state index is 0.00329. The third-order valence-electron chi connectivity index (χ3n) is 4.08. The zero-order valence-electron chi connectivity index (χ0n) is 10.9. The van der Waals surface area contributed by atoms with Gasteiger partial charge < -0.3 is 9.47 Å². The number of carbonyl (C=O) groups is 1. The van der Waals surface area contributed by atoms with Gasteiger partial charge in [-0.25, -0.2) is 4.98 Å². The van der Waals surface area contributed by atoms with E-state index in [1.54, 1.807) is 18.6 Å². The Morgan fingerprint density at radius 3 is 2.84 bits per heavy atom. The Morgan fingerprint density at radius 1 is 1.26 bits per heavy atom. The van der Waals surface area contributed by atoms with Gasteiger partial charge in [0.2, 0.25) is 0 Å². The van der Waals surface area contributed by atoms with Crippen molar-refractivity contribution in [3.63, 3.8) is 0 Å². The third kappa shape index (κ3) is 2.67. The first-order valence-electron chi connectivity index (χ1n) is 6.81. The van der Waals surface area contributed by atoms with Crippen molar-refractivity contribution >= 4 is 5.78 Å². The molecule has 3 rings (SSSR count). The molecule has 1 atom stereocenters. The summed E-state index contributed by atoms with van der Waals surface area (Å²) < 4.78 is 11.3. The topological polar surface area (TPSA) is 61.3 Å². The van der Waals surface area contributed by atoms with Crippen LogP contribution in [0.2, 0.25) is 0 Å². The van der Waals surface area contributed by atoms with E-state index in [1.807, 2.05) is 0 Å². The van der Waals surface area contributed by atoms with Crippen LogP contribution >= 0.6 is 0 Å². The highest BCUT2D eigenvalue weighted by Crippen LogP contribution is 2.37. The number of Topliss-reactive ketones (excluding diaryl/α,β-unsaturated/α-hetero) is 1. The van der Waals surface area contributed by atoms with Crippen molar-refractivity contribution in [2.75, 3.05) is 19.8 Å². The van der Waals surface area contributed by atoms with Gasteiger partial charge in [0, 0.05) is 38.1 Å². The predicted octanol–water partition coefficient (Wildman–Crippen LogP) is 1.64. The quantitative estimate of drug-likeness (QED) is 0.758. The Morgan fingerprint density at radius 2 is 2.11 bits per heavy atom. The Hall–Kier alpha value is -1.33. The van der Waals surface area contributed by atoms with Gasteiger partial charge in [0.1, 0.15) is 5.69 Å². The highest BCUT2D eigenvalue weighted by Gasteiger charge is 2.41. The molecule has 0 bridgehead atoms. The molecule has 2 fully saturated rings. The van der Waals surface area contributed by atoms with Crippen LogP contribution in [0.15, 0.2) is 18.6 Å². The van der Waals surface area contributed by atoms with Crippen molar-refractivity contribution in [1.29, 1.82) is 0 Å². The molecule has 5 heteroatoms. The van der Waals surface area contributed by atoms with E-state index in [-0.39, 0.29) is 17.3 Å². The monoisotopic (exact) mass is 262 g/mol. The molecule has 0 N–H and O–H groups in total. The summed E-state index contributed by atoms with van der Waals surface area (Å²) in [5, 5.41) is 0. The lowest BCUT2D eigenvalue weighted by atomic mass is 9.78. The molecule has 102 valence electrons. The van der Waals surface area contributed by atoms with Crippen LogP contribution in [0.5, 0.6) is 0 Å². The number of ether oxygens (including phenoxy) is 2. The molecule has 2 aliphatic heterocycles. The van der Waals surface area contributed by atoms with Crippen LogP contribution in [-0.4, -0.2) is 41.2 Å². The Kier molecular flexibility index (Phi) is 3.57. The summed E-state index contributed by atoms with van der Waals surface area (Å²) in [6.45, 7) is 2.11. The van der Waals surface area contributed by atoms with Crippen LogP contribution in [0.25, 0.3) is 0 Å². The van der Waals surface area contributed by atoms with E-state index < -0.39 is 0 Å². The minimum Gasteiger partial charge on any atom is -0.381 e. The largest absolute Gasteiger partial charge is 0.381 e. The van der Waals surface area contributed by atoms with Crippen molar-refractivity contribution in [2.45, 2.75) is 31.3 Å². The molecule has 0 aromatic carbocycles. The van der Waals surface area contributed by atoms with E-state index in [0.29, 0.717) is 12.3 Å². The molecule has 5 nitrogen and oxygen atoms in total. The number of carbonyl (C=O) groups excluding carboxylic acids is 1. The zero-order valence-corrected chi connectivity index (χ0v) is 10.9. The maximum Gasteiger partial charge on any atom is 0.186 e. The van der Waals surface area contributed by atoms with Gasteiger partial charge >= 0.3 is 0 Å². The summed E-state index contributed by atoms with van der Waals surface area (Å²) in [4.78, 5) is 20.5. The van der Waals surface area contributed by atoms with Crippen LogP contribution in [0.4, 0.5) is 0 Å². The third-order valence-corrected chi connectivity index (χ3v) is 4.08. The molecule has 2 aliphatic rings. The Labute approximate surface area is 112 Å². The van der Waals surface area contributed by atoms with Crippen molar-refractivity contribution in [3.05, 3.63) is 24.3 Å². The molecule has 0 aliphatic carbocycles. The molecule has 2 saturated heterocycles. The number of aromatic nitrogens is 2. The van der Waals surface area contributed by atoms with Crippen molar-refractivity contribution in [3.8, 4) is 0 Å². The summed E-state index contributed by atoms with van der Waals surface area (Å²) in [5.41, 5.74) is 0.315. The van der Waals surface area contributed by atoms with E-state index in [4.69, 9.17) is 9.47 Å². The lowest BCUT2D eigenvalue weighted by Crippen LogP contribution is -2.46. The van der Waals surface area contributed by atoms with Gasteiger partial charge in [0.05, 0.1) is 11.8 Å². The lowest BCUT2D eigenvalue weighted by Gasteiger charge is -2.42. The molecule has 0 amide bonds. The second-order valence-corrected chi connectivity index (χ2v) is 5.29. The second kappa shape index (κ2) is 5.35. The predicted molar refractivity (Wildman–Crippen MR) is 67.8 cm³/mol. The fraction of sp³-hybridized carbons (Fsp3) is 0.643. The van der Waals surface area contributed by atoms with Gasteiger partial charge in [-0.1, -0.05) is 0 Å². The SMILES string of the molecule is O=C(c1cnccn1)C1CCOC2(CCOCC2)C1. The molecule has 19 heavy (non-hydrogen) atoms. The van der Waals surface area contributed by atoms with E-state index >= 15 is 0 Å². The van der Waals surface area contributed by atoms with Crippen LogP contribution < -0.4 is 0 Å². The van der Waals surface area contributed by atoms with E-state index in [9.17, 15) is 4.79 Å². The van der Waals surface area contributed by atoms with Gasteiger partial charge in [-0.05, 0) is 25.7 Å². The van der Waals surface area contributed by atoms with E-state index in [1.165, 1.54) is 0 Å². The number of rotatable bonds is 2. The molecule has 0 saturated carbocycles. The number of hydrogen-bond acceptors (Lipinski definition) is 5. The average Bonchev–Trinajstić information content (AvgIpc) is 2.48. The van der Waals surface area contributed by atoms with Crippen molar-refractivity contribution in [1.82, 2.24) is 9.97 Å². The summed E-state index contributed by atoms with van der Waals surface area (Å²) in [6, 6.07) is 0. The van der Waals surface area contributed by atoms with E-state index in [2.05, 4.69) is 9.97 Å². The van der Waals surface area contributed by atoms with Crippen molar-refractivity contribution in [2.24, 2.45) is 5.92 Å². The fourth-order valence-electron chi connectivity index (χ4n) is 2.98. The molecule has 0 radical (unpaired) electrons. The van der Waals surface area contributed by atoms with E-state index in [0.717, 1.165) is 38.9 Å². The highest BCUT2D eigenvalue weighted by atomic mass is 16.5. The standard InChI is InChI=1S/C14H18N2O3/c17-13(12-10-15-4-5-16-12)11-1-6-19-14(9-11)2-7-18-8-3-14/h4-5,10-11H,1-3,6-9H2. The van der Waals surface area contributed by atoms with Crippen LogP contribution in [0, 0.1) is 5.92 Å². The number of hydrogen-bond donors (Lipinski definition) is 0. The smallest absolute Gasteiger partial charge is 0.186 e. The first-order chi connectivity index (χ1) is 9.29. The first-order valence-corrected chi connectivity index (χ1v) is 6.81. The molecule has 1 spiro atoms. The maximum atomic E-state index is 12.4. The van der Waals surface area contributed by atoms with Crippen LogP contribution in [0.3, 0.4) is 0 Å². The van der Waals surface area contributed by atoms with Gasteiger partial charge in [-0.15, -0.1) is 0 Å². The maximum absolute atomic E-state index is 12.4. The minimum atomic E-state index is -0.154. The van der Waals surface area contributed by atoms with Crippen molar-refractivity contribution < 1.29 is 14.3 Å². The second-order valence-electron chi connectivity index (χ2n) is 5.29. The lowest BCUT2D eigenvalue weighted by molar-refractivity contribution is -0.142. The number of ketones is 1. The summed E-state index contributed by atoms with van der Waals surface area (Å²) >= 11 is 0. The molecular weight excluding hydrogens is 244 g/mol. The zero-order chi connectivity index (χ0) is 13.1. The van der Waals surface area contributed by atoms with Gasteiger partial charge in [0.15, 0.2) is 5.78 Å². The Bertz CT molecular complexity index is 438. The molecule has 1 unspecified atom stereocenters.